The molecule has 1 saturated heterocycles. The predicted molar refractivity (Wildman–Crippen MR) is 103 cm³/mol. The Labute approximate surface area is 166 Å². The minimum atomic E-state index is -0.352. The van der Waals surface area contributed by atoms with Crippen LogP contribution in [0.3, 0.4) is 0 Å². The second kappa shape index (κ2) is 7.92. The number of carbonyl (C=O) groups excluding carboxylic acids is 2. The fraction of sp³-hybridized carbons (Fsp3) is 0.316. The van der Waals surface area contributed by atoms with Crippen LogP contribution in [0.15, 0.2) is 36.7 Å². The molecule has 1 fully saturated rings. The largest absolute Gasteiger partial charge is 0.333 e. The van der Waals surface area contributed by atoms with Crippen molar-refractivity contribution in [2.75, 3.05) is 38.0 Å². The van der Waals surface area contributed by atoms with Crippen LogP contribution < -0.4 is 5.32 Å². The number of rotatable bonds is 4. The van der Waals surface area contributed by atoms with Gasteiger partial charge in [0.2, 0.25) is 11.7 Å². The molecule has 9 nitrogen and oxygen atoms in total. The van der Waals surface area contributed by atoms with E-state index in [9.17, 15) is 14.0 Å². The summed E-state index contributed by atoms with van der Waals surface area (Å²) in [6.07, 6.45) is 3.44. The highest BCUT2D eigenvalue weighted by molar-refractivity contribution is 5.92. The molecule has 29 heavy (non-hydrogen) atoms. The molecule has 0 atom stereocenters. The van der Waals surface area contributed by atoms with E-state index in [1.165, 1.54) is 28.8 Å². The van der Waals surface area contributed by atoms with Crippen LogP contribution in [0.2, 0.25) is 0 Å². The van der Waals surface area contributed by atoms with Gasteiger partial charge in [0.15, 0.2) is 0 Å². The van der Waals surface area contributed by atoms with Crippen LogP contribution in [0.1, 0.15) is 16.2 Å². The van der Waals surface area contributed by atoms with E-state index in [2.05, 4.69) is 20.4 Å². The van der Waals surface area contributed by atoms with Crippen LogP contribution in [-0.2, 0) is 4.79 Å². The lowest BCUT2D eigenvalue weighted by Crippen LogP contribution is -2.50. The fourth-order valence-corrected chi connectivity index (χ4v) is 3.15. The molecule has 0 unspecified atom stereocenters. The zero-order chi connectivity index (χ0) is 20.4. The van der Waals surface area contributed by atoms with E-state index in [1.54, 1.807) is 17.3 Å². The molecule has 0 saturated carbocycles. The first-order valence-corrected chi connectivity index (χ1v) is 9.24. The summed E-state index contributed by atoms with van der Waals surface area (Å²) in [6.45, 7) is 4.17. The van der Waals surface area contributed by atoms with Gasteiger partial charge < -0.3 is 10.2 Å². The maximum Gasteiger partial charge on any atom is 0.293 e. The first kappa shape index (κ1) is 18.9. The summed E-state index contributed by atoms with van der Waals surface area (Å²) in [5.41, 5.74) is 1.47. The highest BCUT2D eigenvalue weighted by Gasteiger charge is 2.26. The lowest BCUT2D eigenvalue weighted by Gasteiger charge is -2.33. The molecular weight excluding hydrogens is 377 g/mol. The van der Waals surface area contributed by atoms with Gasteiger partial charge in [-0.1, -0.05) is 0 Å². The number of carbonyl (C=O) groups is 2. The molecule has 0 bridgehead atoms. The Kier molecular flexibility index (Phi) is 5.17. The normalized spacial score (nSPS) is 14.9. The minimum absolute atomic E-state index is 0.116. The van der Waals surface area contributed by atoms with Gasteiger partial charge in [-0.25, -0.2) is 13.9 Å². The maximum absolute atomic E-state index is 12.9. The Morgan fingerprint density at radius 3 is 2.59 bits per heavy atom. The second-order valence-electron chi connectivity index (χ2n) is 6.93. The Balaban J connectivity index is 1.30. The van der Waals surface area contributed by atoms with Gasteiger partial charge in [-0.3, -0.25) is 14.5 Å². The van der Waals surface area contributed by atoms with E-state index in [-0.39, 0.29) is 30.0 Å². The van der Waals surface area contributed by atoms with E-state index in [0.717, 1.165) is 5.56 Å². The lowest BCUT2D eigenvalue weighted by molar-refractivity contribution is -0.117. The van der Waals surface area contributed by atoms with Gasteiger partial charge in [0.1, 0.15) is 5.82 Å². The summed E-state index contributed by atoms with van der Waals surface area (Å²) in [6, 6.07) is 5.62. The van der Waals surface area contributed by atoms with Gasteiger partial charge >= 0.3 is 0 Å². The summed E-state index contributed by atoms with van der Waals surface area (Å²) in [4.78, 5) is 36.8. The number of anilines is 1. The van der Waals surface area contributed by atoms with Crippen LogP contribution in [0.5, 0.6) is 0 Å². The summed E-state index contributed by atoms with van der Waals surface area (Å²) < 4.78 is 14.4. The summed E-state index contributed by atoms with van der Waals surface area (Å²) in [5.74, 6) is -0.279. The Bertz CT molecular complexity index is 1040. The monoisotopic (exact) mass is 397 g/mol. The Morgan fingerprint density at radius 2 is 1.86 bits per heavy atom. The van der Waals surface area contributed by atoms with Crippen LogP contribution in [-0.4, -0.2) is 73.9 Å². The molecule has 3 heterocycles. The quantitative estimate of drug-likeness (QED) is 0.705. The van der Waals surface area contributed by atoms with Gasteiger partial charge in [-0.15, -0.1) is 5.10 Å². The smallest absolute Gasteiger partial charge is 0.293 e. The van der Waals surface area contributed by atoms with Gasteiger partial charge in [0.25, 0.3) is 11.7 Å². The molecule has 1 N–H and O–H groups in total. The molecule has 2 aromatic heterocycles. The molecule has 1 aliphatic rings. The van der Waals surface area contributed by atoms with Gasteiger partial charge in [-0.2, -0.15) is 4.98 Å². The fourth-order valence-electron chi connectivity index (χ4n) is 3.15. The molecule has 0 spiro atoms. The number of nitrogens with zero attached hydrogens (tertiary/aromatic N) is 6. The topological polar surface area (TPSA) is 95.7 Å². The van der Waals surface area contributed by atoms with Crippen molar-refractivity contribution in [1.29, 1.82) is 0 Å². The zero-order valence-electron chi connectivity index (χ0n) is 15.9. The third-order valence-electron chi connectivity index (χ3n) is 4.67. The van der Waals surface area contributed by atoms with E-state index in [1.807, 2.05) is 11.8 Å². The zero-order valence-corrected chi connectivity index (χ0v) is 15.9. The molecule has 1 aliphatic heterocycles. The second-order valence-corrected chi connectivity index (χ2v) is 6.93. The number of hydrogen-bond acceptors (Lipinski definition) is 6. The molecule has 10 heteroatoms. The number of piperazine rings is 1. The van der Waals surface area contributed by atoms with Crippen molar-refractivity contribution in [2.45, 2.75) is 6.92 Å². The van der Waals surface area contributed by atoms with Crippen molar-refractivity contribution in [3.05, 3.63) is 53.9 Å². The summed E-state index contributed by atoms with van der Waals surface area (Å²) >= 11 is 0. The number of aryl methyl sites for hydroxylation is 1. The number of aromatic nitrogens is 4. The standard InChI is InChI=1S/C19H20FN7O2/c1-13-10-21-19-23-17(24-27(19)11-13)18(29)26-8-6-25(7-9-26)12-16(28)22-15-4-2-14(20)3-5-15/h2-5,10-11H,6-9,12H2,1H3,(H,22,28). The number of nitrogens with one attached hydrogen (secondary N) is 1. The number of benzene rings is 1. The number of halogens is 1. The molecule has 4 rings (SSSR count). The van der Waals surface area contributed by atoms with Crippen molar-refractivity contribution < 1.29 is 14.0 Å². The maximum atomic E-state index is 12.9. The average molecular weight is 397 g/mol. The molecule has 150 valence electrons. The summed E-state index contributed by atoms with van der Waals surface area (Å²) in [5, 5.41) is 6.95. The van der Waals surface area contributed by atoms with Crippen LogP contribution in [0.25, 0.3) is 5.78 Å². The lowest BCUT2D eigenvalue weighted by atomic mass is 10.3. The van der Waals surface area contributed by atoms with E-state index in [4.69, 9.17) is 0 Å². The number of hydrogen-bond donors (Lipinski definition) is 1. The predicted octanol–water partition coefficient (Wildman–Crippen LogP) is 0.968. The molecule has 0 radical (unpaired) electrons. The van der Waals surface area contributed by atoms with Crippen molar-refractivity contribution in [3.8, 4) is 0 Å². The highest BCUT2D eigenvalue weighted by Crippen LogP contribution is 2.10. The number of amides is 2. The average Bonchev–Trinajstić information content (AvgIpc) is 3.13. The van der Waals surface area contributed by atoms with Gasteiger partial charge in [-0.05, 0) is 36.8 Å². The van der Waals surface area contributed by atoms with Gasteiger partial charge in [0.05, 0.1) is 6.54 Å². The van der Waals surface area contributed by atoms with Crippen LogP contribution in [0, 0.1) is 12.7 Å². The van der Waals surface area contributed by atoms with E-state index < -0.39 is 0 Å². The first-order valence-electron chi connectivity index (χ1n) is 9.24. The third-order valence-corrected chi connectivity index (χ3v) is 4.67. The molecule has 0 aliphatic carbocycles. The van der Waals surface area contributed by atoms with E-state index >= 15 is 0 Å². The van der Waals surface area contributed by atoms with Gasteiger partial charge in [0, 0.05) is 44.3 Å². The van der Waals surface area contributed by atoms with Crippen molar-refractivity contribution in [2.24, 2.45) is 0 Å². The van der Waals surface area contributed by atoms with Crippen molar-refractivity contribution in [3.63, 3.8) is 0 Å². The number of fused-ring (bicyclic) bond motifs is 1. The molecular formula is C19H20FN7O2. The Morgan fingerprint density at radius 1 is 1.14 bits per heavy atom. The van der Waals surface area contributed by atoms with Crippen molar-refractivity contribution >= 4 is 23.3 Å². The van der Waals surface area contributed by atoms with Crippen LogP contribution >= 0.6 is 0 Å². The summed E-state index contributed by atoms with van der Waals surface area (Å²) in [7, 11) is 0. The van der Waals surface area contributed by atoms with Crippen LogP contribution in [0.4, 0.5) is 10.1 Å². The first-order chi connectivity index (χ1) is 14.0. The van der Waals surface area contributed by atoms with E-state index in [0.29, 0.717) is 37.6 Å². The minimum Gasteiger partial charge on any atom is -0.333 e. The Hall–Kier alpha value is -3.40. The highest BCUT2D eigenvalue weighted by atomic mass is 19.1. The molecule has 1 aromatic carbocycles. The SMILES string of the molecule is Cc1cnc2nc(C(=O)N3CCN(CC(=O)Nc4ccc(F)cc4)CC3)nn2c1. The van der Waals surface area contributed by atoms with Crippen molar-refractivity contribution in [1.82, 2.24) is 29.4 Å². The molecule has 3 aromatic rings. The molecule has 2 amide bonds. The third kappa shape index (κ3) is 4.37.